The van der Waals surface area contributed by atoms with Crippen molar-refractivity contribution in [2.45, 2.75) is 52.2 Å². The van der Waals surface area contributed by atoms with Gasteiger partial charge in [-0.3, -0.25) is 0 Å². The molecule has 1 aliphatic heterocycles. The number of halogens is 2. The largest absolute Gasteiger partial charge is 0.494 e. The van der Waals surface area contributed by atoms with Gasteiger partial charge in [0.05, 0.1) is 6.61 Å². The highest BCUT2D eigenvalue weighted by atomic mass is 35.5. The maximum Gasteiger partial charge on any atom is 0.144 e. The molecule has 2 N–H and O–H groups in total. The quantitative estimate of drug-likeness (QED) is 0.515. The average Bonchev–Trinajstić information content (AvgIpc) is 2.74. The van der Waals surface area contributed by atoms with Crippen LogP contribution in [0.2, 0.25) is 5.02 Å². The van der Waals surface area contributed by atoms with Gasteiger partial charge < -0.3 is 20.3 Å². The summed E-state index contributed by atoms with van der Waals surface area (Å²) in [5.74, 6) is 1.69. The molecule has 0 bridgehead atoms. The van der Waals surface area contributed by atoms with Gasteiger partial charge in [0.25, 0.3) is 0 Å². The molecule has 0 fully saturated rings. The first kappa shape index (κ1) is 19.1. The Morgan fingerprint density at radius 1 is 1.25 bits per heavy atom. The Morgan fingerprint density at radius 3 is 2.62 bits per heavy atom. The van der Waals surface area contributed by atoms with E-state index in [-0.39, 0.29) is 5.66 Å². The third-order valence-corrected chi connectivity index (χ3v) is 4.80. The lowest BCUT2D eigenvalue weighted by Crippen LogP contribution is -2.47. The summed E-state index contributed by atoms with van der Waals surface area (Å²) in [5, 5.41) is 7.76. The maximum atomic E-state index is 6.47. The highest BCUT2D eigenvalue weighted by Crippen LogP contribution is 2.32. The lowest BCUT2D eigenvalue weighted by atomic mass is 10.1. The fourth-order valence-electron chi connectivity index (χ4n) is 2.77. The van der Waals surface area contributed by atoms with Gasteiger partial charge >= 0.3 is 0 Å². The van der Waals surface area contributed by atoms with Gasteiger partial charge in [-0.1, -0.05) is 49.0 Å². The monoisotopic (exact) mass is 371 g/mol. The van der Waals surface area contributed by atoms with Crippen LogP contribution in [0.25, 0.3) is 0 Å². The van der Waals surface area contributed by atoms with E-state index in [0.29, 0.717) is 16.7 Å². The molecule has 0 amide bonds. The Labute approximate surface area is 155 Å². The molecule has 1 aromatic rings. The van der Waals surface area contributed by atoms with E-state index in [9.17, 15) is 0 Å². The molecule has 1 heterocycles. The van der Waals surface area contributed by atoms with E-state index in [1.54, 1.807) is 0 Å². The number of hydrogen-bond acceptors (Lipinski definition) is 4. The van der Waals surface area contributed by atoms with Gasteiger partial charge in [-0.2, -0.15) is 0 Å². The summed E-state index contributed by atoms with van der Waals surface area (Å²) in [4.78, 5) is 2.17. The van der Waals surface area contributed by atoms with Crippen LogP contribution in [0, 0.1) is 0 Å². The van der Waals surface area contributed by atoms with E-state index >= 15 is 0 Å². The predicted molar refractivity (Wildman–Crippen MR) is 101 cm³/mol. The summed E-state index contributed by atoms with van der Waals surface area (Å²) in [5.41, 5.74) is 0.750. The molecule has 0 radical (unpaired) electrons. The van der Waals surface area contributed by atoms with Crippen LogP contribution in [0.5, 0.6) is 5.75 Å². The van der Waals surface area contributed by atoms with Crippen molar-refractivity contribution < 1.29 is 4.74 Å². The summed E-state index contributed by atoms with van der Waals surface area (Å²) >= 11 is 12.8. The number of unbranched alkanes of at least 4 members (excludes halogenated alkanes) is 2. The molecule has 0 aromatic heterocycles. The van der Waals surface area contributed by atoms with Crippen LogP contribution in [0.1, 0.15) is 45.6 Å². The first-order valence-electron chi connectivity index (χ1n) is 8.43. The molecule has 0 unspecified atom stereocenters. The van der Waals surface area contributed by atoms with Crippen LogP contribution in [-0.2, 0) is 6.54 Å². The highest BCUT2D eigenvalue weighted by molar-refractivity contribution is 6.31. The van der Waals surface area contributed by atoms with Gasteiger partial charge in [-0.05, 0) is 38.0 Å². The van der Waals surface area contributed by atoms with E-state index in [0.717, 1.165) is 30.2 Å². The molecule has 0 atom stereocenters. The summed E-state index contributed by atoms with van der Waals surface area (Å²) in [6, 6.07) is 5.89. The second-order valence-corrected chi connectivity index (χ2v) is 7.28. The summed E-state index contributed by atoms with van der Waals surface area (Å²) in [7, 11) is 1.86. The fourth-order valence-corrected chi connectivity index (χ4v) is 3.43. The first-order chi connectivity index (χ1) is 11.4. The third-order valence-electron chi connectivity index (χ3n) is 4.17. The number of nitrogens with zero attached hydrogens (tertiary/aromatic N) is 1. The van der Waals surface area contributed by atoms with Gasteiger partial charge in [-0.15, -0.1) is 0 Å². The van der Waals surface area contributed by atoms with Crippen molar-refractivity contribution in [3.63, 3.8) is 0 Å². The lowest BCUT2D eigenvalue weighted by molar-refractivity contribution is 0.154. The smallest absolute Gasteiger partial charge is 0.144 e. The first-order valence-corrected chi connectivity index (χ1v) is 9.19. The van der Waals surface area contributed by atoms with Gasteiger partial charge in [-0.25, -0.2) is 0 Å². The van der Waals surface area contributed by atoms with Crippen LogP contribution >= 0.6 is 23.2 Å². The zero-order valence-electron chi connectivity index (χ0n) is 14.9. The molecule has 1 aromatic carbocycles. The summed E-state index contributed by atoms with van der Waals surface area (Å²) in [6.45, 7) is 7.73. The molecule has 6 heteroatoms. The molecule has 0 aliphatic carbocycles. The fraction of sp³-hybridized carbons (Fsp3) is 0.556. The third kappa shape index (κ3) is 4.42. The molecule has 134 valence electrons. The Kier molecular flexibility index (Phi) is 6.53. The summed E-state index contributed by atoms with van der Waals surface area (Å²) < 4.78 is 5.76. The molecular formula is C18H27Cl2N3O. The van der Waals surface area contributed by atoms with E-state index in [4.69, 9.17) is 27.9 Å². The zero-order chi connectivity index (χ0) is 17.7. The molecule has 4 nitrogen and oxygen atoms in total. The van der Waals surface area contributed by atoms with Crippen LogP contribution in [0.15, 0.2) is 29.2 Å². The molecule has 2 rings (SSSR count). The van der Waals surface area contributed by atoms with Crippen LogP contribution < -0.4 is 15.4 Å². The van der Waals surface area contributed by atoms with Crippen molar-refractivity contribution in [1.29, 1.82) is 0 Å². The van der Waals surface area contributed by atoms with E-state index in [1.165, 1.54) is 12.8 Å². The summed E-state index contributed by atoms with van der Waals surface area (Å²) in [6.07, 6.45) is 3.44. The second-order valence-electron chi connectivity index (χ2n) is 6.49. The molecular weight excluding hydrogens is 345 g/mol. The van der Waals surface area contributed by atoms with Crippen molar-refractivity contribution in [1.82, 2.24) is 15.5 Å². The van der Waals surface area contributed by atoms with Crippen LogP contribution in [0.4, 0.5) is 0 Å². The Bertz CT molecular complexity index is 602. The van der Waals surface area contributed by atoms with E-state index in [2.05, 4.69) is 36.3 Å². The van der Waals surface area contributed by atoms with E-state index in [1.807, 2.05) is 25.2 Å². The molecule has 0 spiro atoms. The normalized spacial score (nSPS) is 16.3. The zero-order valence-corrected chi connectivity index (χ0v) is 16.4. The molecule has 0 saturated heterocycles. The van der Waals surface area contributed by atoms with Crippen molar-refractivity contribution in [2.75, 3.05) is 13.7 Å². The Morgan fingerprint density at radius 2 is 2.00 bits per heavy atom. The minimum Gasteiger partial charge on any atom is -0.494 e. The Hall–Kier alpha value is -1.26. The minimum atomic E-state index is -0.284. The lowest BCUT2D eigenvalue weighted by Gasteiger charge is -2.35. The molecule has 24 heavy (non-hydrogen) atoms. The Balaban J connectivity index is 2.07. The average molecular weight is 372 g/mol. The van der Waals surface area contributed by atoms with Crippen molar-refractivity contribution in [2.24, 2.45) is 0 Å². The van der Waals surface area contributed by atoms with Crippen molar-refractivity contribution in [3.8, 4) is 5.75 Å². The topological polar surface area (TPSA) is 36.5 Å². The molecule has 1 aliphatic rings. The predicted octanol–water partition coefficient (Wildman–Crippen LogP) is 4.64. The number of ether oxygens (including phenoxy) is 1. The van der Waals surface area contributed by atoms with Crippen LogP contribution in [0.3, 0.4) is 0 Å². The molecule has 0 saturated carbocycles. The maximum absolute atomic E-state index is 6.47. The SMILES string of the molecule is CCCCCOc1ccc(CN2C(NC)=C(Cl)NC2(C)C)c(Cl)c1. The highest BCUT2D eigenvalue weighted by Gasteiger charge is 2.36. The van der Waals surface area contributed by atoms with Crippen molar-refractivity contribution in [3.05, 3.63) is 39.8 Å². The van der Waals surface area contributed by atoms with Gasteiger partial charge in [0.1, 0.15) is 22.4 Å². The minimum absolute atomic E-state index is 0.284. The van der Waals surface area contributed by atoms with Gasteiger partial charge in [0.2, 0.25) is 0 Å². The van der Waals surface area contributed by atoms with E-state index < -0.39 is 0 Å². The van der Waals surface area contributed by atoms with Gasteiger partial charge in [0.15, 0.2) is 0 Å². The number of hydrogen-bond donors (Lipinski definition) is 2. The number of rotatable bonds is 8. The standard InChI is InChI=1S/C18H27Cl2N3O/c1-5-6-7-10-24-14-9-8-13(15(19)11-14)12-23-17(21-4)16(20)22-18(23,2)3/h8-9,11,21-22H,5-7,10,12H2,1-4H3. The van der Waals surface area contributed by atoms with Gasteiger partial charge in [0, 0.05) is 18.6 Å². The van der Waals surface area contributed by atoms with Crippen molar-refractivity contribution >= 4 is 23.2 Å². The van der Waals surface area contributed by atoms with Crippen LogP contribution in [-0.4, -0.2) is 24.2 Å². The second kappa shape index (κ2) is 8.21. The number of nitrogens with one attached hydrogen (secondary N) is 2. The number of benzene rings is 1.